The molecule has 0 aliphatic heterocycles. The molecule has 0 fully saturated rings. The maximum Gasteiger partial charge on any atom is 0.240 e. The summed E-state index contributed by atoms with van der Waals surface area (Å²) in [5.74, 6) is 6.24. The first-order chi connectivity index (χ1) is 19.9. The van der Waals surface area contributed by atoms with Crippen molar-refractivity contribution in [3.8, 4) is 11.8 Å². The molecule has 4 N–H and O–H groups in total. The molecule has 206 valence electrons. The zero-order valence-electron chi connectivity index (χ0n) is 21.6. The predicted octanol–water partition coefficient (Wildman–Crippen LogP) is 4.14. The molecule has 0 spiro atoms. The fourth-order valence-electron chi connectivity index (χ4n) is 3.91. The Labute approximate surface area is 235 Å². The van der Waals surface area contributed by atoms with Crippen LogP contribution in [0.25, 0.3) is 10.9 Å². The minimum absolute atomic E-state index is 0.0193. The van der Waals surface area contributed by atoms with Gasteiger partial charge < -0.3 is 10.6 Å². The van der Waals surface area contributed by atoms with E-state index in [9.17, 15) is 17.6 Å². The molecule has 0 unspecified atom stereocenters. The van der Waals surface area contributed by atoms with Gasteiger partial charge in [-0.25, -0.2) is 27.5 Å². The number of hydrogen-bond donors (Lipinski definition) is 4. The summed E-state index contributed by atoms with van der Waals surface area (Å²) >= 11 is 0. The van der Waals surface area contributed by atoms with Crippen molar-refractivity contribution in [2.45, 2.75) is 17.7 Å². The Balaban J connectivity index is 1.18. The average molecular weight is 570 g/mol. The van der Waals surface area contributed by atoms with E-state index in [4.69, 9.17) is 0 Å². The number of rotatable bonds is 9. The molecule has 2 heterocycles. The number of halogens is 1. The third-order valence-corrected chi connectivity index (χ3v) is 7.28. The van der Waals surface area contributed by atoms with Crippen LogP contribution < -0.4 is 15.4 Å². The Kier molecular flexibility index (Phi) is 8.28. The standard InChI is InChI=1S/C29H24FN7O3S/c30-21-8-6-9-22(16-21)34-28(38)18-23-17-27(37-36-23)35-29-25-13-12-20(15-26(25)31-19-32-29)7-4-5-14-33-41(39,40)24-10-2-1-3-11-24/h1-3,6,8-13,15-17,19,33H,5,14,18H2,(H,34,38)(H2,31,32,35,36,37). The largest absolute Gasteiger partial charge is 0.326 e. The van der Waals surface area contributed by atoms with Gasteiger partial charge in [0.25, 0.3) is 0 Å². The van der Waals surface area contributed by atoms with Crippen LogP contribution in [-0.2, 0) is 21.2 Å². The molecule has 5 aromatic rings. The van der Waals surface area contributed by atoms with E-state index in [0.29, 0.717) is 35.0 Å². The molecule has 0 aliphatic rings. The lowest BCUT2D eigenvalue weighted by Crippen LogP contribution is -2.24. The number of sulfonamides is 1. The van der Waals surface area contributed by atoms with E-state index in [-0.39, 0.29) is 23.8 Å². The normalized spacial score (nSPS) is 11.0. The molecular formula is C29H24FN7O3S. The summed E-state index contributed by atoms with van der Waals surface area (Å²) in [5.41, 5.74) is 2.31. The number of fused-ring (bicyclic) bond motifs is 1. The second-order valence-electron chi connectivity index (χ2n) is 8.86. The summed E-state index contributed by atoms with van der Waals surface area (Å²) in [6.45, 7) is 0.187. The molecule has 0 bridgehead atoms. The van der Waals surface area contributed by atoms with Gasteiger partial charge in [-0.15, -0.1) is 0 Å². The molecule has 10 nitrogen and oxygen atoms in total. The van der Waals surface area contributed by atoms with E-state index in [1.54, 1.807) is 30.3 Å². The molecule has 3 aromatic carbocycles. The van der Waals surface area contributed by atoms with Crippen LogP contribution in [0.1, 0.15) is 17.7 Å². The second kappa shape index (κ2) is 12.4. The van der Waals surface area contributed by atoms with Gasteiger partial charge in [0.05, 0.1) is 16.8 Å². The van der Waals surface area contributed by atoms with Crippen LogP contribution in [0.2, 0.25) is 0 Å². The maximum absolute atomic E-state index is 13.3. The first-order valence-electron chi connectivity index (χ1n) is 12.5. The molecule has 0 saturated carbocycles. The summed E-state index contributed by atoms with van der Waals surface area (Å²) in [6.07, 6.45) is 1.77. The molecule has 0 atom stereocenters. The minimum atomic E-state index is -3.57. The number of H-pyrrole nitrogens is 1. The van der Waals surface area contributed by atoms with E-state index < -0.39 is 15.8 Å². The zero-order chi connectivity index (χ0) is 28.7. The van der Waals surface area contributed by atoms with Crippen LogP contribution in [-0.4, -0.2) is 41.0 Å². The van der Waals surface area contributed by atoms with Crippen molar-refractivity contribution in [3.63, 3.8) is 0 Å². The van der Waals surface area contributed by atoms with Crippen LogP contribution in [0, 0.1) is 17.7 Å². The molecule has 5 rings (SSSR count). The summed E-state index contributed by atoms with van der Waals surface area (Å²) in [7, 11) is -3.57. The lowest BCUT2D eigenvalue weighted by atomic mass is 10.1. The number of amides is 1. The Morgan fingerprint density at radius 2 is 1.83 bits per heavy atom. The highest BCUT2D eigenvalue weighted by Crippen LogP contribution is 2.23. The van der Waals surface area contributed by atoms with Crippen molar-refractivity contribution in [1.29, 1.82) is 0 Å². The highest BCUT2D eigenvalue weighted by Gasteiger charge is 2.12. The van der Waals surface area contributed by atoms with Gasteiger partial charge in [0.15, 0.2) is 5.82 Å². The van der Waals surface area contributed by atoms with E-state index >= 15 is 0 Å². The summed E-state index contributed by atoms with van der Waals surface area (Å²) in [5, 5.41) is 13.5. The van der Waals surface area contributed by atoms with Crippen molar-refractivity contribution >= 4 is 44.2 Å². The van der Waals surface area contributed by atoms with Crippen LogP contribution in [0.5, 0.6) is 0 Å². The molecular weight excluding hydrogens is 545 g/mol. The quantitative estimate of drug-likeness (QED) is 0.154. The van der Waals surface area contributed by atoms with Crippen LogP contribution in [0.4, 0.5) is 21.7 Å². The number of nitrogens with zero attached hydrogens (tertiary/aromatic N) is 3. The SMILES string of the molecule is O=C(Cc1cc(Nc2ncnc3cc(C#CCCNS(=O)(=O)c4ccccc4)ccc23)n[nH]1)Nc1cccc(F)c1. The predicted molar refractivity (Wildman–Crippen MR) is 153 cm³/mol. The monoisotopic (exact) mass is 569 g/mol. The van der Waals surface area contributed by atoms with Crippen molar-refractivity contribution < 1.29 is 17.6 Å². The maximum atomic E-state index is 13.3. The van der Waals surface area contributed by atoms with E-state index in [1.807, 2.05) is 18.2 Å². The highest BCUT2D eigenvalue weighted by atomic mass is 32.2. The fraction of sp³-hybridized carbons (Fsp3) is 0.103. The van der Waals surface area contributed by atoms with Crippen molar-refractivity contribution in [1.82, 2.24) is 24.9 Å². The lowest BCUT2D eigenvalue weighted by Gasteiger charge is -2.06. The Bertz CT molecular complexity index is 1870. The first-order valence-corrected chi connectivity index (χ1v) is 14.0. The zero-order valence-corrected chi connectivity index (χ0v) is 22.4. The first kappa shape index (κ1) is 27.4. The molecule has 0 saturated heterocycles. The van der Waals surface area contributed by atoms with Gasteiger partial charge in [-0.05, 0) is 48.5 Å². The lowest BCUT2D eigenvalue weighted by molar-refractivity contribution is -0.115. The molecule has 1 amide bonds. The average Bonchev–Trinajstić information content (AvgIpc) is 3.39. The van der Waals surface area contributed by atoms with Gasteiger partial charge in [0, 0.05) is 41.4 Å². The number of nitrogens with one attached hydrogen (secondary N) is 4. The number of carbonyl (C=O) groups excluding carboxylic acids is 1. The van der Waals surface area contributed by atoms with Crippen molar-refractivity contribution in [2.75, 3.05) is 17.2 Å². The van der Waals surface area contributed by atoms with Gasteiger partial charge in [-0.3, -0.25) is 9.89 Å². The van der Waals surface area contributed by atoms with Gasteiger partial charge in [-0.2, -0.15) is 5.10 Å². The molecule has 12 heteroatoms. The summed E-state index contributed by atoms with van der Waals surface area (Å²) in [4.78, 5) is 21.2. The molecule has 0 radical (unpaired) electrons. The number of benzene rings is 3. The summed E-state index contributed by atoms with van der Waals surface area (Å²) < 4.78 is 40.5. The van der Waals surface area contributed by atoms with Crippen LogP contribution >= 0.6 is 0 Å². The van der Waals surface area contributed by atoms with Gasteiger partial charge in [0.2, 0.25) is 15.9 Å². The number of carbonyl (C=O) groups is 1. The number of aromatic amines is 1. The smallest absolute Gasteiger partial charge is 0.240 e. The topological polar surface area (TPSA) is 142 Å². The third kappa shape index (κ3) is 7.30. The fourth-order valence-corrected chi connectivity index (χ4v) is 4.96. The highest BCUT2D eigenvalue weighted by molar-refractivity contribution is 7.89. The Morgan fingerprint density at radius 1 is 0.976 bits per heavy atom. The molecule has 2 aromatic heterocycles. The Morgan fingerprint density at radius 3 is 2.66 bits per heavy atom. The molecule has 0 aliphatic carbocycles. The van der Waals surface area contributed by atoms with Crippen molar-refractivity contribution in [3.05, 3.63) is 102 Å². The summed E-state index contributed by atoms with van der Waals surface area (Å²) in [6, 6.07) is 21.0. The molecule has 41 heavy (non-hydrogen) atoms. The van der Waals surface area contributed by atoms with Crippen LogP contribution in [0.3, 0.4) is 0 Å². The number of hydrogen-bond acceptors (Lipinski definition) is 7. The van der Waals surface area contributed by atoms with Crippen molar-refractivity contribution in [2.24, 2.45) is 0 Å². The van der Waals surface area contributed by atoms with E-state index in [1.165, 1.54) is 36.7 Å². The van der Waals surface area contributed by atoms with Crippen LogP contribution in [0.15, 0.2) is 90.1 Å². The Hall–Kier alpha value is -5.12. The van der Waals surface area contributed by atoms with E-state index in [2.05, 4.69) is 47.4 Å². The minimum Gasteiger partial charge on any atom is -0.326 e. The van der Waals surface area contributed by atoms with E-state index in [0.717, 1.165) is 10.9 Å². The van der Waals surface area contributed by atoms with Gasteiger partial charge in [-0.1, -0.05) is 36.1 Å². The number of aromatic nitrogens is 4. The second-order valence-corrected chi connectivity index (χ2v) is 10.6. The third-order valence-electron chi connectivity index (χ3n) is 5.80. The number of anilines is 3. The van der Waals surface area contributed by atoms with Gasteiger partial charge in [0.1, 0.15) is 18.0 Å². The van der Waals surface area contributed by atoms with Gasteiger partial charge >= 0.3 is 0 Å².